The van der Waals surface area contributed by atoms with Gasteiger partial charge in [0.2, 0.25) is 0 Å². The number of carbonyl (C=O) groups is 2. The summed E-state index contributed by atoms with van der Waals surface area (Å²) in [4.78, 5) is 25.1. The highest BCUT2D eigenvalue weighted by Gasteiger charge is 2.14. The molecule has 0 fully saturated rings. The van der Waals surface area contributed by atoms with Gasteiger partial charge in [0.1, 0.15) is 5.75 Å². The molecule has 0 spiro atoms. The highest BCUT2D eigenvalue weighted by atomic mass is 16.5. The van der Waals surface area contributed by atoms with Crippen molar-refractivity contribution in [2.45, 2.75) is 45.4 Å². The highest BCUT2D eigenvalue weighted by molar-refractivity contribution is 6.09. The van der Waals surface area contributed by atoms with Gasteiger partial charge in [0, 0.05) is 25.8 Å². The number of hydrogen-bond acceptors (Lipinski definition) is 4. The molecule has 0 aliphatic carbocycles. The molecule has 6 nitrogen and oxygen atoms in total. The largest absolute Gasteiger partial charge is 0.494 e. The third-order valence-corrected chi connectivity index (χ3v) is 4.86. The van der Waals surface area contributed by atoms with Gasteiger partial charge in [0.15, 0.2) is 0 Å². The normalized spacial score (nSPS) is 10.5. The minimum Gasteiger partial charge on any atom is -0.494 e. The molecule has 0 unspecified atom stereocenters. The van der Waals surface area contributed by atoms with Crippen LogP contribution in [-0.4, -0.2) is 38.7 Å². The third-order valence-electron chi connectivity index (χ3n) is 4.86. The van der Waals surface area contributed by atoms with Crippen molar-refractivity contribution in [1.29, 1.82) is 0 Å². The van der Waals surface area contributed by atoms with Gasteiger partial charge in [0.25, 0.3) is 11.8 Å². The van der Waals surface area contributed by atoms with Crippen molar-refractivity contribution >= 4 is 17.5 Å². The van der Waals surface area contributed by atoms with Crippen molar-refractivity contribution in [3.8, 4) is 5.75 Å². The van der Waals surface area contributed by atoms with Crippen molar-refractivity contribution in [1.82, 2.24) is 5.32 Å². The Morgan fingerprint density at radius 3 is 2.32 bits per heavy atom. The molecular weight excluding hydrogens is 392 g/mol. The summed E-state index contributed by atoms with van der Waals surface area (Å²) in [6.07, 6.45) is 6.67. The maximum Gasteiger partial charge on any atom is 0.255 e. The monoisotopic (exact) mass is 426 g/mol. The van der Waals surface area contributed by atoms with Crippen LogP contribution in [0.15, 0.2) is 48.5 Å². The lowest BCUT2D eigenvalue weighted by atomic mass is 10.1. The Balaban J connectivity index is 1.88. The molecular formula is C25H34N2O4. The first-order valence-corrected chi connectivity index (χ1v) is 11.1. The van der Waals surface area contributed by atoms with Gasteiger partial charge in [-0.1, -0.05) is 44.7 Å². The molecule has 2 rings (SSSR count). The van der Waals surface area contributed by atoms with Crippen molar-refractivity contribution in [3.05, 3.63) is 59.7 Å². The Morgan fingerprint density at radius 2 is 1.58 bits per heavy atom. The Bertz CT molecular complexity index is 805. The first-order chi connectivity index (χ1) is 15.2. The zero-order valence-corrected chi connectivity index (χ0v) is 18.6. The minimum atomic E-state index is -0.272. The molecule has 0 atom stereocenters. The zero-order valence-electron chi connectivity index (χ0n) is 18.6. The molecule has 2 aromatic rings. The summed E-state index contributed by atoms with van der Waals surface area (Å²) in [6, 6.07) is 14.0. The fourth-order valence-electron chi connectivity index (χ4n) is 3.10. The van der Waals surface area contributed by atoms with Crippen LogP contribution in [0.2, 0.25) is 0 Å². The van der Waals surface area contributed by atoms with Crippen LogP contribution in [0.25, 0.3) is 0 Å². The summed E-state index contributed by atoms with van der Waals surface area (Å²) < 4.78 is 10.7. The summed E-state index contributed by atoms with van der Waals surface area (Å²) >= 11 is 0. The van der Waals surface area contributed by atoms with Crippen LogP contribution in [0, 0.1) is 0 Å². The standard InChI is InChI=1S/C25H34N2O4/c1-3-4-5-6-9-19-31-21-15-13-20(14-16-21)24(28)27-23-12-8-7-11-22(23)25(29)26-17-10-18-30-2/h7-8,11-16H,3-6,9-10,17-19H2,1-2H3,(H,26,29)(H,27,28). The van der Waals surface area contributed by atoms with Crippen molar-refractivity contribution in [2.24, 2.45) is 0 Å². The SMILES string of the molecule is CCCCCCCOc1ccc(C(=O)Nc2ccccc2C(=O)NCCCOC)cc1. The number of amides is 2. The van der Waals surface area contributed by atoms with Crippen LogP contribution in [-0.2, 0) is 4.74 Å². The predicted molar refractivity (Wildman–Crippen MR) is 124 cm³/mol. The molecule has 2 N–H and O–H groups in total. The number of nitrogens with one attached hydrogen (secondary N) is 2. The fraction of sp³-hybridized carbons (Fsp3) is 0.440. The third kappa shape index (κ3) is 8.80. The topological polar surface area (TPSA) is 76.7 Å². The molecule has 0 aromatic heterocycles. The van der Waals surface area contributed by atoms with Gasteiger partial charge < -0.3 is 20.1 Å². The van der Waals surface area contributed by atoms with Gasteiger partial charge in [-0.25, -0.2) is 0 Å². The van der Waals surface area contributed by atoms with E-state index in [1.807, 2.05) is 0 Å². The zero-order chi connectivity index (χ0) is 22.3. The molecule has 2 aromatic carbocycles. The summed E-state index contributed by atoms with van der Waals surface area (Å²) in [6.45, 7) is 3.97. The number of rotatable bonds is 14. The molecule has 6 heteroatoms. The van der Waals surface area contributed by atoms with E-state index >= 15 is 0 Å². The quantitative estimate of drug-likeness (QED) is 0.414. The van der Waals surface area contributed by atoms with Crippen molar-refractivity contribution in [2.75, 3.05) is 32.2 Å². The number of unbranched alkanes of at least 4 members (excludes halogenated alkanes) is 4. The average molecular weight is 427 g/mol. The molecule has 0 saturated carbocycles. The molecule has 0 saturated heterocycles. The number of anilines is 1. The average Bonchev–Trinajstić information content (AvgIpc) is 2.79. The Kier molecular flexibility index (Phi) is 11.2. The van der Waals surface area contributed by atoms with E-state index < -0.39 is 0 Å². The number of methoxy groups -OCH3 is 1. The molecule has 0 aliphatic heterocycles. The van der Waals surface area contributed by atoms with E-state index in [2.05, 4.69) is 17.6 Å². The first-order valence-electron chi connectivity index (χ1n) is 11.1. The number of benzene rings is 2. The van der Waals surface area contributed by atoms with Gasteiger partial charge in [0.05, 0.1) is 17.9 Å². The Labute approximate surface area is 185 Å². The number of carbonyl (C=O) groups excluding carboxylic acids is 2. The molecule has 0 heterocycles. The summed E-state index contributed by atoms with van der Waals surface area (Å²) in [5, 5.41) is 5.68. The van der Waals surface area contributed by atoms with Gasteiger partial charge in [-0.05, 0) is 49.2 Å². The minimum absolute atomic E-state index is 0.227. The van der Waals surface area contributed by atoms with Crippen LogP contribution < -0.4 is 15.4 Å². The highest BCUT2D eigenvalue weighted by Crippen LogP contribution is 2.18. The van der Waals surface area contributed by atoms with E-state index in [1.54, 1.807) is 55.6 Å². The molecule has 0 aliphatic rings. The molecule has 0 radical (unpaired) electrons. The van der Waals surface area contributed by atoms with Crippen LogP contribution >= 0.6 is 0 Å². The summed E-state index contributed by atoms with van der Waals surface area (Å²) in [5.41, 5.74) is 1.41. The van der Waals surface area contributed by atoms with E-state index in [9.17, 15) is 9.59 Å². The molecule has 168 valence electrons. The van der Waals surface area contributed by atoms with Crippen LogP contribution in [0.5, 0.6) is 5.75 Å². The lowest BCUT2D eigenvalue weighted by molar-refractivity contribution is 0.0949. The maximum absolute atomic E-state index is 12.7. The second-order valence-electron chi connectivity index (χ2n) is 7.39. The predicted octanol–water partition coefficient (Wildman–Crippen LogP) is 5.05. The molecule has 2 amide bonds. The van der Waals surface area contributed by atoms with E-state index in [0.29, 0.717) is 36.6 Å². The van der Waals surface area contributed by atoms with Crippen LogP contribution in [0.1, 0.15) is 66.2 Å². The van der Waals surface area contributed by atoms with Crippen molar-refractivity contribution in [3.63, 3.8) is 0 Å². The molecule has 31 heavy (non-hydrogen) atoms. The Hall–Kier alpha value is -2.86. The fourth-order valence-corrected chi connectivity index (χ4v) is 3.10. The lowest BCUT2D eigenvalue weighted by Gasteiger charge is -2.12. The molecule has 0 bridgehead atoms. The van der Waals surface area contributed by atoms with Crippen molar-refractivity contribution < 1.29 is 19.1 Å². The van der Waals surface area contributed by atoms with E-state index in [1.165, 1.54) is 25.7 Å². The number of ether oxygens (including phenoxy) is 2. The smallest absolute Gasteiger partial charge is 0.255 e. The summed E-state index contributed by atoms with van der Waals surface area (Å²) in [7, 11) is 1.62. The number of hydrogen-bond donors (Lipinski definition) is 2. The van der Waals surface area contributed by atoms with E-state index in [4.69, 9.17) is 9.47 Å². The van der Waals surface area contributed by atoms with Gasteiger partial charge in [-0.2, -0.15) is 0 Å². The second-order valence-corrected chi connectivity index (χ2v) is 7.39. The van der Waals surface area contributed by atoms with Gasteiger partial charge in [-0.15, -0.1) is 0 Å². The van der Waals surface area contributed by atoms with Gasteiger partial charge in [-0.3, -0.25) is 9.59 Å². The van der Waals surface area contributed by atoms with Crippen LogP contribution in [0.4, 0.5) is 5.69 Å². The van der Waals surface area contributed by atoms with Crippen LogP contribution in [0.3, 0.4) is 0 Å². The first kappa shape index (κ1) is 24.4. The summed E-state index contributed by atoms with van der Waals surface area (Å²) in [5.74, 6) is 0.253. The lowest BCUT2D eigenvalue weighted by Crippen LogP contribution is -2.26. The number of para-hydroxylation sites is 1. The second kappa shape index (κ2) is 14.2. The van der Waals surface area contributed by atoms with E-state index in [0.717, 1.165) is 18.6 Å². The Morgan fingerprint density at radius 1 is 0.839 bits per heavy atom. The maximum atomic E-state index is 12.7. The van der Waals surface area contributed by atoms with Gasteiger partial charge >= 0.3 is 0 Å². The van der Waals surface area contributed by atoms with E-state index in [-0.39, 0.29) is 11.8 Å².